The second-order valence-electron chi connectivity index (χ2n) is 5.12. The zero-order valence-corrected chi connectivity index (χ0v) is 10.9. The average Bonchev–Trinajstić information content (AvgIpc) is 2.49. The molecule has 96 valence electrons. The maximum Gasteiger partial charge on any atom is 0.0474 e. The van der Waals surface area contributed by atoms with Crippen LogP contribution in [0.5, 0.6) is 0 Å². The van der Waals surface area contributed by atoms with Gasteiger partial charge in [-0.2, -0.15) is 0 Å². The summed E-state index contributed by atoms with van der Waals surface area (Å²) in [7, 11) is 0. The normalized spacial score (nSPS) is 11.4. The largest absolute Gasteiger partial charge is 0.398 e. The lowest BCUT2D eigenvalue weighted by molar-refractivity contribution is 1.75. The summed E-state index contributed by atoms with van der Waals surface area (Å²) in [6, 6.07) is 20.6. The Kier molecular flexibility index (Phi) is 2.15. The van der Waals surface area contributed by atoms with Crippen LogP contribution in [-0.4, -0.2) is 0 Å². The van der Waals surface area contributed by atoms with Crippen molar-refractivity contribution < 1.29 is 0 Å². The van der Waals surface area contributed by atoms with Crippen LogP contribution in [0.3, 0.4) is 0 Å². The molecule has 4 aromatic rings. The molecule has 0 aliphatic heterocycles. The molecule has 0 saturated carbocycles. The smallest absolute Gasteiger partial charge is 0.0474 e. The van der Waals surface area contributed by atoms with E-state index < -0.39 is 0 Å². The number of benzene rings is 4. The van der Waals surface area contributed by atoms with Crippen LogP contribution in [0.2, 0.25) is 0 Å². The van der Waals surface area contributed by atoms with E-state index >= 15 is 0 Å². The van der Waals surface area contributed by atoms with E-state index in [1.165, 1.54) is 0 Å². The highest BCUT2D eigenvalue weighted by molar-refractivity contribution is 6.19. The first-order valence-electron chi connectivity index (χ1n) is 6.64. The third-order valence-electron chi connectivity index (χ3n) is 3.97. The van der Waals surface area contributed by atoms with Crippen molar-refractivity contribution in [1.82, 2.24) is 0 Å². The van der Waals surface area contributed by atoms with Crippen molar-refractivity contribution in [3.63, 3.8) is 0 Å². The molecule has 20 heavy (non-hydrogen) atoms. The zero-order chi connectivity index (χ0) is 13.7. The number of fused-ring (bicyclic) bond motifs is 3. The van der Waals surface area contributed by atoms with E-state index in [0.717, 1.165) is 43.7 Å². The fourth-order valence-electron chi connectivity index (χ4n) is 2.94. The first kappa shape index (κ1) is 11.1. The lowest BCUT2D eigenvalue weighted by atomic mass is 9.96. The Balaban J connectivity index is 2.31. The summed E-state index contributed by atoms with van der Waals surface area (Å²) in [6.45, 7) is 0. The van der Waals surface area contributed by atoms with Crippen LogP contribution in [0, 0.1) is 0 Å². The molecule has 0 unspecified atom stereocenters. The van der Waals surface area contributed by atoms with E-state index in [4.69, 9.17) is 11.5 Å². The fourth-order valence-corrected chi connectivity index (χ4v) is 2.94. The summed E-state index contributed by atoms with van der Waals surface area (Å²) in [6.07, 6.45) is 0. The van der Waals surface area contributed by atoms with Gasteiger partial charge in [-0.3, -0.25) is 0 Å². The van der Waals surface area contributed by atoms with Gasteiger partial charge in [0.1, 0.15) is 0 Å². The lowest BCUT2D eigenvalue weighted by Gasteiger charge is -2.12. The molecule has 0 radical (unpaired) electrons. The molecule has 4 rings (SSSR count). The molecule has 0 aliphatic carbocycles. The molecule has 0 saturated heterocycles. The highest BCUT2D eigenvalue weighted by Gasteiger charge is 2.09. The maximum absolute atomic E-state index is 6.36. The van der Waals surface area contributed by atoms with Gasteiger partial charge in [0, 0.05) is 32.9 Å². The molecule has 0 atom stereocenters. The molecule has 0 spiro atoms. The summed E-state index contributed by atoms with van der Waals surface area (Å²) in [5.74, 6) is 0. The van der Waals surface area contributed by atoms with Crippen LogP contribution in [-0.2, 0) is 0 Å². The number of rotatable bonds is 0. The molecule has 0 bridgehead atoms. The van der Waals surface area contributed by atoms with E-state index in [0.29, 0.717) is 0 Å². The maximum atomic E-state index is 6.36. The van der Waals surface area contributed by atoms with Crippen LogP contribution >= 0.6 is 0 Å². The highest BCUT2D eigenvalue weighted by Crippen LogP contribution is 2.37. The Morgan fingerprint density at radius 2 is 0.900 bits per heavy atom. The molecule has 0 aromatic heterocycles. The van der Waals surface area contributed by atoms with Gasteiger partial charge in [-0.25, -0.2) is 0 Å². The van der Waals surface area contributed by atoms with Crippen LogP contribution in [0.25, 0.3) is 32.3 Å². The van der Waals surface area contributed by atoms with Gasteiger partial charge in [0.2, 0.25) is 0 Å². The van der Waals surface area contributed by atoms with Gasteiger partial charge in [0.15, 0.2) is 0 Å². The van der Waals surface area contributed by atoms with E-state index in [2.05, 4.69) is 36.4 Å². The number of hydrogen-bond acceptors (Lipinski definition) is 2. The molecule has 2 nitrogen and oxygen atoms in total. The van der Waals surface area contributed by atoms with Gasteiger partial charge in [-0.15, -0.1) is 0 Å². The Morgan fingerprint density at radius 1 is 0.500 bits per heavy atom. The number of hydrogen-bond donors (Lipinski definition) is 2. The van der Waals surface area contributed by atoms with Gasteiger partial charge in [0.25, 0.3) is 0 Å². The van der Waals surface area contributed by atoms with Crippen molar-refractivity contribution in [2.24, 2.45) is 0 Å². The Hall–Kier alpha value is -2.74. The van der Waals surface area contributed by atoms with Crippen molar-refractivity contribution in [3.8, 4) is 0 Å². The second kappa shape index (κ2) is 3.87. The van der Waals surface area contributed by atoms with Gasteiger partial charge in [0.05, 0.1) is 0 Å². The summed E-state index contributed by atoms with van der Waals surface area (Å²) in [5, 5.41) is 6.46. The molecule has 2 heteroatoms. The van der Waals surface area contributed by atoms with Gasteiger partial charge in [-0.05, 0) is 22.9 Å². The first-order valence-corrected chi connectivity index (χ1v) is 6.64. The van der Waals surface area contributed by atoms with Gasteiger partial charge >= 0.3 is 0 Å². The molecule has 0 fully saturated rings. The van der Waals surface area contributed by atoms with Crippen LogP contribution in [0.1, 0.15) is 0 Å². The fraction of sp³-hybridized carbons (Fsp3) is 0. The Bertz CT molecular complexity index is 890. The SMILES string of the molecule is Nc1c2ccccc2cc2c(N)c3ccccc3cc12. The molecular weight excluding hydrogens is 244 g/mol. The van der Waals surface area contributed by atoms with E-state index in [-0.39, 0.29) is 0 Å². The summed E-state index contributed by atoms with van der Waals surface area (Å²) >= 11 is 0. The monoisotopic (exact) mass is 258 g/mol. The molecule has 0 amide bonds. The Labute approximate surface area is 116 Å². The number of anilines is 2. The Morgan fingerprint density at radius 3 is 1.35 bits per heavy atom. The van der Waals surface area contributed by atoms with Crippen molar-refractivity contribution in [3.05, 3.63) is 60.7 Å². The first-order chi connectivity index (χ1) is 9.75. The lowest BCUT2D eigenvalue weighted by Crippen LogP contribution is -1.94. The second-order valence-corrected chi connectivity index (χ2v) is 5.12. The summed E-state index contributed by atoms with van der Waals surface area (Å²) < 4.78 is 0. The molecular formula is C18H14N2. The van der Waals surface area contributed by atoms with E-state index in [9.17, 15) is 0 Å². The van der Waals surface area contributed by atoms with Gasteiger partial charge in [-0.1, -0.05) is 48.5 Å². The van der Waals surface area contributed by atoms with E-state index in [1.54, 1.807) is 0 Å². The predicted octanol–water partition coefficient (Wildman–Crippen LogP) is 4.31. The number of nitrogens with two attached hydrogens (primary N) is 2. The van der Waals surface area contributed by atoms with Crippen molar-refractivity contribution in [2.45, 2.75) is 0 Å². The summed E-state index contributed by atoms with van der Waals surface area (Å²) in [5.41, 5.74) is 14.3. The standard InChI is InChI=1S/C18H14N2/c19-17-13-7-3-1-5-11(13)9-15-16(17)10-12-6-2-4-8-14(12)18(15)20/h1-10H,19-20H2. The molecule has 0 heterocycles. The minimum Gasteiger partial charge on any atom is -0.398 e. The molecule has 4 N–H and O–H groups in total. The average molecular weight is 258 g/mol. The van der Waals surface area contributed by atoms with Crippen LogP contribution in [0.15, 0.2) is 60.7 Å². The third kappa shape index (κ3) is 1.39. The summed E-state index contributed by atoms with van der Waals surface area (Å²) in [4.78, 5) is 0. The molecule has 0 aliphatic rings. The van der Waals surface area contributed by atoms with Crippen molar-refractivity contribution in [1.29, 1.82) is 0 Å². The van der Waals surface area contributed by atoms with Crippen molar-refractivity contribution >= 4 is 43.7 Å². The van der Waals surface area contributed by atoms with E-state index in [1.807, 2.05) is 24.3 Å². The minimum atomic E-state index is 0.801. The highest BCUT2D eigenvalue weighted by atomic mass is 14.6. The van der Waals surface area contributed by atoms with Crippen LogP contribution in [0.4, 0.5) is 11.4 Å². The third-order valence-corrected chi connectivity index (χ3v) is 3.97. The minimum absolute atomic E-state index is 0.801. The molecule has 4 aromatic carbocycles. The van der Waals surface area contributed by atoms with Crippen molar-refractivity contribution in [2.75, 3.05) is 11.5 Å². The van der Waals surface area contributed by atoms with Gasteiger partial charge < -0.3 is 11.5 Å². The quantitative estimate of drug-likeness (QED) is 0.365. The predicted molar refractivity (Wildman–Crippen MR) is 87.8 cm³/mol. The van der Waals surface area contributed by atoms with Crippen LogP contribution < -0.4 is 11.5 Å². The zero-order valence-electron chi connectivity index (χ0n) is 10.9. The number of nitrogen functional groups attached to an aromatic ring is 2. The topological polar surface area (TPSA) is 52.0 Å².